The first-order chi connectivity index (χ1) is 14.3. The zero-order chi connectivity index (χ0) is 21.4. The SMILES string of the molecule is Cc1cc(OCc2c(F)cccc2F)c2nc(C)c(C(=O)NC3CCC(N)C3)n2c1. The number of imidazole rings is 1. The third-order valence-corrected chi connectivity index (χ3v) is 5.45. The molecular weight excluding hydrogens is 390 g/mol. The number of hydrogen-bond acceptors (Lipinski definition) is 4. The molecule has 1 aromatic carbocycles. The fourth-order valence-electron chi connectivity index (χ4n) is 3.96. The number of aryl methyl sites for hydroxylation is 2. The summed E-state index contributed by atoms with van der Waals surface area (Å²) < 4.78 is 35.3. The number of hydrogen-bond donors (Lipinski definition) is 2. The van der Waals surface area contributed by atoms with Crippen molar-refractivity contribution in [1.29, 1.82) is 0 Å². The van der Waals surface area contributed by atoms with Gasteiger partial charge in [-0.1, -0.05) is 6.07 Å². The second kappa shape index (κ2) is 8.02. The predicted octanol–water partition coefficient (Wildman–Crippen LogP) is 3.42. The van der Waals surface area contributed by atoms with Gasteiger partial charge in [-0.15, -0.1) is 0 Å². The number of aromatic nitrogens is 2. The smallest absolute Gasteiger partial charge is 0.270 e. The van der Waals surface area contributed by atoms with Crippen molar-refractivity contribution in [1.82, 2.24) is 14.7 Å². The van der Waals surface area contributed by atoms with Crippen molar-refractivity contribution in [2.75, 3.05) is 0 Å². The van der Waals surface area contributed by atoms with Crippen LogP contribution in [0.1, 0.15) is 46.6 Å². The molecule has 3 aromatic rings. The highest BCUT2D eigenvalue weighted by Gasteiger charge is 2.26. The van der Waals surface area contributed by atoms with Crippen molar-refractivity contribution in [3.05, 3.63) is 64.6 Å². The Hall–Kier alpha value is -3.00. The van der Waals surface area contributed by atoms with Gasteiger partial charge in [-0.25, -0.2) is 13.8 Å². The molecule has 2 unspecified atom stereocenters. The van der Waals surface area contributed by atoms with Crippen molar-refractivity contribution in [2.45, 2.75) is 51.8 Å². The Kier molecular flexibility index (Phi) is 5.42. The number of benzene rings is 1. The lowest BCUT2D eigenvalue weighted by Crippen LogP contribution is -2.35. The Bertz CT molecular complexity index is 1090. The maximum absolute atomic E-state index is 13.9. The molecule has 4 rings (SSSR count). The van der Waals surface area contributed by atoms with Crippen molar-refractivity contribution in [3.8, 4) is 5.75 Å². The van der Waals surface area contributed by atoms with Crippen molar-refractivity contribution < 1.29 is 18.3 Å². The number of rotatable bonds is 5. The molecule has 0 bridgehead atoms. The fraction of sp³-hybridized carbons (Fsp3) is 0.364. The molecule has 30 heavy (non-hydrogen) atoms. The lowest BCUT2D eigenvalue weighted by molar-refractivity contribution is 0.0931. The van der Waals surface area contributed by atoms with Gasteiger partial charge >= 0.3 is 0 Å². The first-order valence-corrected chi connectivity index (χ1v) is 9.95. The van der Waals surface area contributed by atoms with Gasteiger partial charge in [0.2, 0.25) is 0 Å². The molecule has 1 saturated carbocycles. The molecule has 2 heterocycles. The number of pyridine rings is 1. The van der Waals surface area contributed by atoms with Crippen molar-refractivity contribution in [2.24, 2.45) is 5.73 Å². The van der Waals surface area contributed by atoms with Crippen LogP contribution in [0.25, 0.3) is 5.65 Å². The summed E-state index contributed by atoms with van der Waals surface area (Å²) in [6, 6.07) is 5.56. The number of carbonyl (C=O) groups is 1. The summed E-state index contributed by atoms with van der Waals surface area (Å²) >= 11 is 0. The van der Waals surface area contributed by atoms with Crippen LogP contribution in [0.2, 0.25) is 0 Å². The fourth-order valence-corrected chi connectivity index (χ4v) is 3.96. The highest BCUT2D eigenvalue weighted by molar-refractivity contribution is 5.95. The Balaban J connectivity index is 1.64. The molecule has 158 valence electrons. The van der Waals surface area contributed by atoms with E-state index in [-0.39, 0.29) is 30.2 Å². The van der Waals surface area contributed by atoms with E-state index >= 15 is 0 Å². The number of fused-ring (bicyclic) bond motifs is 1. The first kappa shape index (κ1) is 20.3. The summed E-state index contributed by atoms with van der Waals surface area (Å²) in [4.78, 5) is 17.4. The summed E-state index contributed by atoms with van der Waals surface area (Å²) in [5.74, 6) is -1.22. The summed E-state index contributed by atoms with van der Waals surface area (Å²) in [5, 5.41) is 3.04. The summed E-state index contributed by atoms with van der Waals surface area (Å²) in [7, 11) is 0. The molecule has 0 radical (unpaired) electrons. The number of nitrogens with zero attached hydrogens (tertiary/aromatic N) is 2. The number of nitrogens with one attached hydrogen (secondary N) is 1. The molecule has 8 heteroatoms. The summed E-state index contributed by atoms with van der Waals surface area (Å²) in [5.41, 5.74) is 7.98. The molecule has 0 aliphatic heterocycles. The van der Waals surface area contributed by atoms with Crippen molar-refractivity contribution in [3.63, 3.8) is 0 Å². The topological polar surface area (TPSA) is 81.6 Å². The Morgan fingerprint density at radius 2 is 2.03 bits per heavy atom. The van der Waals surface area contributed by atoms with E-state index in [1.54, 1.807) is 23.6 Å². The van der Waals surface area contributed by atoms with E-state index < -0.39 is 11.6 Å². The highest BCUT2D eigenvalue weighted by atomic mass is 19.1. The van der Waals surface area contributed by atoms with Crippen LogP contribution in [0.3, 0.4) is 0 Å². The van der Waals surface area contributed by atoms with E-state index in [0.29, 0.717) is 22.8 Å². The quantitative estimate of drug-likeness (QED) is 0.670. The van der Waals surface area contributed by atoms with Crippen LogP contribution >= 0.6 is 0 Å². The van der Waals surface area contributed by atoms with E-state index in [0.717, 1.165) is 24.8 Å². The third-order valence-electron chi connectivity index (χ3n) is 5.45. The number of ether oxygens (including phenoxy) is 1. The van der Waals surface area contributed by atoms with Gasteiger partial charge in [0.05, 0.1) is 11.3 Å². The van der Waals surface area contributed by atoms with Crippen LogP contribution < -0.4 is 15.8 Å². The maximum Gasteiger partial charge on any atom is 0.270 e. The minimum absolute atomic E-state index is 0.0435. The lowest BCUT2D eigenvalue weighted by atomic mass is 10.2. The van der Waals surface area contributed by atoms with E-state index in [2.05, 4.69) is 10.3 Å². The molecule has 1 aliphatic rings. The molecule has 1 aliphatic carbocycles. The minimum atomic E-state index is -0.673. The molecule has 0 spiro atoms. The van der Waals surface area contributed by atoms with Crippen LogP contribution in [-0.4, -0.2) is 27.4 Å². The molecular formula is C22H24F2N4O2. The Morgan fingerprint density at radius 3 is 2.70 bits per heavy atom. The molecule has 6 nitrogen and oxygen atoms in total. The van der Waals surface area contributed by atoms with Crippen LogP contribution in [0.15, 0.2) is 30.5 Å². The van der Waals surface area contributed by atoms with Crippen LogP contribution in [-0.2, 0) is 6.61 Å². The van der Waals surface area contributed by atoms with E-state index in [4.69, 9.17) is 10.5 Å². The van der Waals surface area contributed by atoms with Crippen LogP contribution in [0.4, 0.5) is 8.78 Å². The highest BCUT2D eigenvalue weighted by Crippen LogP contribution is 2.26. The lowest BCUT2D eigenvalue weighted by Gasteiger charge is -2.13. The molecule has 3 N–H and O–H groups in total. The first-order valence-electron chi connectivity index (χ1n) is 9.95. The largest absolute Gasteiger partial charge is 0.485 e. The normalized spacial score (nSPS) is 18.7. The molecule has 2 atom stereocenters. The van der Waals surface area contributed by atoms with Gasteiger partial charge in [-0.3, -0.25) is 9.20 Å². The second-order valence-electron chi connectivity index (χ2n) is 7.85. The average Bonchev–Trinajstić information content (AvgIpc) is 3.23. The predicted molar refractivity (Wildman–Crippen MR) is 108 cm³/mol. The Morgan fingerprint density at radius 1 is 1.30 bits per heavy atom. The number of nitrogens with two attached hydrogens (primary N) is 1. The van der Waals surface area contributed by atoms with Gasteiger partial charge in [-0.05, 0) is 56.9 Å². The van der Waals surface area contributed by atoms with Crippen LogP contribution in [0.5, 0.6) is 5.75 Å². The molecule has 1 amide bonds. The Labute approximate surface area is 173 Å². The number of carbonyl (C=O) groups excluding carboxylic acids is 1. The molecule has 1 fully saturated rings. The van der Waals surface area contributed by atoms with Crippen LogP contribution in [0, 0.1) is 25.5 Å². The number of amides is 1. The maximum atomic E-state index is 13.9. The van der Waals surface area contributed by atoms with Crippen molar-refractivity contribution >= 4 is 11.6 Å². The number of halogens is 2. The minimum Gasteiger partial charge on any atom is -0.485 e. The van der Waals surface area contributed by atoms with Gasteiger partial charge in [0.25, 0.3) is 5.91 Å². The standard InChI is InChI=1S/C22H24F2N4O2/c1-12-8-19(30-11-16-17(23)4-3-5-18(16)24)21-26-13(2)20(28(21)10-12)22(29)27-15-7-6-14(25)9-15/h3-5,8,10,14-15H,6-7,9,11,25H2,1-2H3,(H,27,29). The summed E-state index contributed by atoms with van der Waals surface area (Å²) in [6.07, 6.45) is 4.29. The van der Waals surface area contributed by atoms with E-state index in [1.807, 2.05) is 6.92 Å². The van der Waals surface area contributed by atoms with Gasteiger partial charge < -0.3 is 15.8 Å². The summed E-state index contributed by atoms with van der Waals surface area (Å²) in [6.45, 7) is 3.31. The molecule has 0 saturated heterocycles. The van der Waals surface area contributed by atoms with Gasteiger partial charge in [0, 0.05) is 18.3 Å². The van der Waals surface area contributed by atoms with E-state index in [9.17, 15) is 13.6 Å². The molecule has 2 aromatic heterocycles. The van der Waals surface area contributed by atoms with Gasteiger partial charge in [0.1, 0.15) is 23.9 Å². The zero-order valence-electron chi connectivity index (χ0n) is 16.9. The van der Waals surface area contributed by atoms with E-state index in [1.165, 1.54) is 18.2 Å². The average molecular weight is 414 g/mol. The zero-order valence-corrected chi connectivity index (χ0v) is 16.9. The third kappa shape index (κ3) is 3.87. The second-order valence-corrected chi connectivity index (χ2v) is 7.85. The van der Waals surface area contributed by atoms with Gasteiger partial charge in [0.15, 0.2) is 11.4 Å². The monoisotopic (exact) mass is 414 g/mol. The van der Waals surface area contributed by atoms with Gasteiger partial charge in [-0.2, -0.15) is 0 Å².